The van der Waals surface area contributed by atoms with Crippen LogP contribution >= 0.6 is 0 Å². The van der Waals surface area contributed by atoms with Gasteiger partial charge in [-0.15, -0.1) is 0 Å². The first kappa shape index (κ1) is 7.07. The topological polar surface area (TPSA) is 26.0 Å². The molecule has 0 aliphatic heterocycles. The molecule has 1 fully saturated rings. The largest absolute Gasteiger partial charge is 0.327 e. The molecule has 3 atom stereocenters. The van der Waals surface area contributed by atoms with Gasteiger partial charge in [-0.3, -0.25) is 0 Å². The normalized spacial score (nSPS) is 45.0. The molecule has 1 saturated carbocycles. The zero-order valence-electron chi connectivity index (χ0n) is 6.43. The predicted octanol–water partition coefficient (Wildman–Crippen LogP) is 1.77. The minimum atomic E-state index is 0.487. The van der Waals surface area contributed by atoms with E-state index in [4.69, 9.17) is 5.73 Å². The summed E-state index contributed by atoms with van der Waals surface area (Å²) in [7, 11) is 0. The van der Waals surface area contributed by atoms with Crippen LogP contribution in [0, 0.1) is 11.8 Å². The van der Waals surface area contributed by atoms with Crippen molar-refractivity contribution in [3.8, 4) is 0 Å². The summed E-state index contributed by atoms with van der Waals surface area (Å²) in [4.78, 5) is 0. The molecule has 2 N–H and O–H groups in total. The highest BCUT2D eigenvalue weighted by Crippen LogP contribution is 2.26. The third kappa shape index (κ3) is 1.68. The van der Waals surface area contributed by atoms with Gasteiger partial charge in [-0.05, 0) is 31.1 Å². The first-order valence-electron chi connectivity index (χ1n) is 3.95. The van der Waals surface area contributed by atoms with Crippen molar-refractivity contribution in [2.75, 3.05) is 0 Å². The van der Waals surface area contributed by atoms with Crippen LogP contribution in [0.1, 0.15) is 33.1 Å². The number of hydrogen-bond acceptors (Lipinski definition) is 1. The van der Waals surface area contributed by atoms with Crippen molar-refractivity contribution in [2.45, 2.75) is 39.2 Å². The van der Waals surface area contributed by atoms with Crippen LogP contribution in [0.4, 0.5) is 0 Å². The first-order valence-corrected chi connectivity index (χ1v) is 3.95. The van der Waals surface area contributed by atoms with Gasteiger partial charge in [-0.1, -0.05) is 13.8 Å². The second-order valence-electron chi connectivity index (χ2n) is 3.56. The predicted molar refractivity (Wildman–Crippen MR) is 40.2 cm³/mol. The van der Waals surface area contributed by atoms with Gasteiger partial charge in [-0.25, -0.2) is 0 Å². The molecule has 0 heterocycles. The maximum atomic E-state index is 5.84. The van der Waals surface area contributed by atoms with Crippen LogP contribution in [-0.4, -0.2) is 6.04 Å². The zero-order chi connectivity index (χ0) is 6.85. The van der Waals surface area contributed by atoms with E-state index in [1.54, 1.807) is 0 Å². The lowest BCUT2D eigenvalue weighted by Crippen LogP contribution is -2.33. The van der Waals surface area contributed by atoms with Gasteiger partial charge in [0.15, 0.2) is 0 Å². The van der Waals surface area contributed by atoms with E-state index in [1.807, 2.05) is 0 Å². The van der Waals surface area contributed by atoms with Crippen molar-refractivity contribution in [1.29, 1.82) is 0 Å². The first-order chi connectivity index (χ1) is 4.20. The standard InChI is InChI=1S/C8H17N/c1-6-3-4-8(9)7(2)5-6/h6-8H,3-5,9H2,1-2H3. The Morgan fingerprint density at radius 1 is 1.22 bits per heavy atom. The van der Waals surface area contributed by atoms with Gasteiger partial charge in [0.25, 0.3) is 0 Å². The van der Waals surface area contributed by atoms with Gasteiger partial charge >= 0.3 is 0 Å². The molecule has 0 aromatic heterocycles. The summed E-state index contributed by atoms with van der Waals surface area (Å²) in [5, 5.41) is 0. The summed E-state index contributed by atoms with van der Waals surface area (Å²) < 4.78 is 0. The van der Waals surface area contributed by atoms with Gasteiger partial charge in [0.05, 0.1) is 0 Å². The lowest BCUT2D eigenvalue weighted by Gasteiger charge is -2.29. The van der Waals surface area contributed by atoms with E-state index in [1.165, 1.54) is 19.3 Å². The van der Waals surface area contributed by atoms with Crippen LogP contribution < -0.4 is 5.73 Å². The molecule has 1 aliphatic carbocycles. The number of hydrogen-bond donors (Lipinski definition) is 1. The fourth-order valence-electron chi connectivity index (χ4n) is 1.69. The van der Waals surface area contributed by atoms with Crippen LogP contribution in [-0.2, 0) is 0 Å². The van der Waals surface area contributed by atoms with Gasteiger partial charge in [0, 0.05) is 6.04 Å². The van der Waals surface area contributed by atoms with E-state index in [0.717, 1.165) is 11.8 Å². The fraction of sp³-hybridized carbons (Fsp3) is 1.00. The van der Waals surface area contributed by atoms with Gasteiger partial charge in [0.2, 0.25) is 0 Å². The lowest BCUT2D eigenvalue weighted by atomic mass is 9.80. The third-order valence-corrected chi connectivity index (χ3v) is 2.50. The molecule has 1 nitrogen and oxygen atoms in total. The van der Waals surface area contributed by atoms with Crippen molar-refractivity contribution in [3.63, 3.8) is 0 Å². The van der Waals surface area contributed by atoms with E-state index in [-0.39, 0.29) is 0 Å². The monoisotopic (exact) mass is 127 g/mol. The van der Waals surface area contributed by atoms with Crippen molar-refractivity contribution < 1.29 is 0 Å². The Morgan fingerprint density at radius 2 is 1.89 bits per heavy atom. The molecule has 0 aromatic carbocycles. The summed E-state index contributed by atoms with van der Waals surface area (Å²) >= 11 is 0. The van der Waals surface area contributed by atoms with Crippen LogP contribution in [0.15, 0.2) is 0 Å². The molecule has 1 aliphatic rings. The molecule has 0 bridgehead atoms. The molecule has 0 aromatic rings. The summed E-state index contributed by atoms with van der Waals surface area (Å²) in [5.74, 6) is 1.67. The highest BCUT2D eigenvalue weighted by atomic mass is 14.7. The summed E-state index contributed by atoms with van der Waals surface area (Å²) in [6.45, 7) is 4.59. The molecular formula is C8H17N. The second kappa shape index (κ2) is 2.70. The molecule has 0 saturated heterocycles. The van der Waals surface area contributed by atoms with E-state index in [0.29, 0.717) is 6.04 Å². The highest BCUT2D eigenvalue weighted by Gasteiger charge is 2.21. The van der Waals surface area contributed by atoms with Gasteiger partial charge in [-0.2, -0.15) is 0 Å². The highest BCUT2D eigenvalue weighted by molar-refractivity contribution is 4.77. The smallest absolute Gasteiger partial charge is 0.00647 e. The molecule has 0 radical (unpaired) electrons. The average Bonchev–Trinajstić information content (AvgIpc) is 1.80. The van der Waals surface area contributed by atoms with Crippen LogP contribution in [0.3, 0.4) is 0 Å². The maximum absolute atomic E-state index is 5.84. The van der Waals surface area contributed by atoms with Gasteiger partial charge < -0.3 is 5.73 Å². The van der Waals surface area contributed by atoms with Crippen molar-refractivity contribution in [3.05, 3.63) is 0 Å². The molecule has 0 spiro atoms. The molecule has 54 valence electrons. The lowest BCUT2D eigenvalue weighted by molar-refractivity contribution is 0.263. The molecule has 1 heteroatoms. The molecule has 3 unspecified atom stereocenters. The minimum Gasteiger partial charge on any atom is -0.327 e. The van der Waals surface area contributed by atoms with E-state index in [9.17, 15) is 0 Å². The zero-order valence-corrected chi connectivity index (χ0v) is 6.43. The Balaban J connectivity index is 2.35. The Hall–Kier alpha value is -0.0400. The summed E-state index contributed by atoms with van der Waals surface area (Å²) in [6, 6.07) is 0.487. The van der Waals surface area contributed by atoms with E-state index >= 15 is 0 Å². The van der Waals surface area contributed by atoms with E-state index in [2.05, 4.69) is 13.8 Å². The Bertz CT molecular complexity index is 90.6. The van der Waals surface area contributed by atoms with Crippen LogP contribution in [0.2, 0.25) is 0 Å². The molecular weight excluding hydrogens is 110 g/mol. The third-order valence-electron chi connectivity index (χ3n) is 2.50. The Kier molecular flexibility index (Phi) is 2.12. The number of nitrogens with two attached hydrogens (primary N) is 1. The molecule has 9 heavy (non-hydrogen) atoms. The Labute approximate surface area is 57.6 Å². The van der Waals surface area contributed by atoms with Crippen molar-refractivity contribution in [1.82, 2.24) is 0 Å². The van der Waals surface area contributed by atoms with Crippen molar-refractivity contribution >= 4 is 0 Å². The SMILES string of the molecule is CC1CCC(N)C(C)C1. The van der Waals surface area contributed by atoms with Gasteiger partial charge in [0.1, 0.15) is 0 Å². The quantitative estimate of drug-likeness (QED) is 0.527. The second-order valence-corrected chi connectivity index (χ2v) is 3.56. The molecule has 1 rings (SSSR count). The summed E-state index contributed by atoms with van der Waals surface area (Å²) in [5.41, 5.74) is 5.84. The van der Waals surface area contributed by atoms with Crippen molar-refractivity contribution in [2.24, 2.45) is 17.6 Å². The summed E-state index contributed by atoms with van der Waals surface area (Å²) in [6.07, 6.45) is 3.91. The maximum Gasteiger partial charge on any atom is 0.00647 e. The van der Waals surface area contributed by atoms with E-state index < -0.39 is 0 Å². The fourth-order valence-corrected chi connectivity index (χ4v) is 1.69. The number of rotatable bonds is 0. The molecule has 0 amide bonds. The van der Waals surface area contributed by atoms with Crippen LogP contribution in [0.5, 0.6) is 0 Å². The average molecular weight is 127 g/mol. The minimum absolute atomic E-state index is 0.487. The Morgan fingerprint density at radius 3 is 2.33 bits per heavy atom. The van der Waals surface area contributed by atoms with Crippen LogP contribution in [0.25, 0.3) is 0 Å².